The van der Waals surface area contributed by atoms with Crippen LogP contribution in [0.15, 0.2) is 41.5 Å². The van der Waals surface area contributed by atoms with Gasteiger partial charge in [-0.2, -0.15) is 0 Å². The highest BCUT2D eigenvalue weighted by atomic mass is 16.5. The molecule has 0 amide bonds. The number of benzene rings is 1. The van der Waals surface area contributed by atoms with E-state index in [4.69, 9.17) is 4.74 Å². The minimum atomic E-state index is -0.0110. The van der Waals surface area contributed by atoms with E-state index in [-0.39, 0.29) is 5.56 Å². The summed E-state index contributed by atoms with van der Waals surface area (Å²) in [5.74, 6) is 1.88. The number of H-pyrrole nitrogens is 1. The van der Waals surface area contributed by atoms with E-state index in [1.54, 1.807) is 7.11 Å². The van der Waals surface area contributed by atoms with E-state index in [1.807, 2.05) is 43.7 Å². The lowest BCUT2D eigenvalue weighted by molar-refractivity contribution is 0.119. The van der Waals surface area contributed by atoms with Crippen molar-refractivity contribution in [3.8, 4) is 5.75 Å². The Morgan fingerprint density at radius 3 is 2.52 bits per heavy atom. The average molecular weight is 367 g/mol. The van der Waals surface area contributed by atoms with E-state index in [0.29, 0.717) is 6.54 Å². The second-order valence-corrected chi connectivity index (χ2v) is 7.08. The molecule has 1 aromatic carbocycles. The fraction of sp³-hybridized carbons (Fsp3) is 0.400. The maximum absolute atomic E-state index is 12.4. The molecular weight excluding hydrogens is 342 g/mol. The predicted molar refractivity (Wildman–Crippen MR) is 105 cm³/mol. The minimum absolute atomic E-state index is 0.0110. The molecule has 7 heteroatoms. The van der Waals surface area contributed by atoms with Gasteiger partial charge in [0.05, 0.1) is 13.7 Å². The first kappa shape index (κ1) is 17.8. The van der Waals surface area contributed by atoms with Gasteiger partial charge < -0.3 is 14.3 Å². The molecule has 1 aliphatic heterocycles. The van der Waals surface area contributed by atoms with Gasteiger partial charge in [0.1, 0.15) is 11.6 Å². The van der Waals surface area contributed by atoms with Crippen LogP contribution in [0.3, 0.4) is 0 Å². The maximum atomic E-state index is 12.4. The van der Waals surface area contributed by atoms with E-state index in [2.05, 4.69) is 24.3 Å². The number of methoxy groups -OCH3 is 1. The van der Waals surface area contributed by atoms with E-state index in [1.165, 1.54) is 0 Å². The Bertz CT molecular complexity index is 985. The fourth-order valence-electron chi connectivity index (χ4n) is 3.57. The van der Waals surface area contributed by atoms with Crippen LogP contribution in [0.25, 0.3) is 10.9 Å². The van der Waals surface area contributed by atoms with Crippen molar-refractivity contribution in [2.45, 2.75) is 13.1 Å². The number of nitrogens with zero attached hydrogens (tertiary/aromatic N) is 4. The zero-order chi connectivity index (χ0) is 18.8. The third kappa shape index (κ3) is 3.89. The van der Waals surface area contributed by atoms with Crippen LogP contribution in [0.1, 0.15) is 11.4 Å². The number of ether oxygens (including phenoxy) is 1. The van der Waals surface area contributed by atoms with Crippen molar-refractivity contribution in [2.24, 2.45) is 7.05 Å². The van der Waals surface area contributed by atoms with Gasteiger partial charge in [0.15, 0.2) is 0 Å². The third-order valence-electron chi connectivity index (χ3n) is 5.27. The number of hydrogen-bond acceptors (Lipinski definition) is 5. The van der Waals surface area contributed by atoms with E-state index in [9.17, 15) is 4.79 Å². The third-order valence-corrected chi connectivity index (χ3v) is 5.27. The first-order valence-electron chi connectivity index (χ1n) is 9.23. The predicted octanol–water partition coefficient (Wildman–Crippen LogP) is 1.59. The van der Waals surface area contributed by atoms with Crippen molar-refractivity contribution in [3.63, 3.8) is 0 Å². The van der Waals surface area contributed by atoms with Crippen LogP contribution in [0.2, 0.25) is 0 Å². The Kier molecular flexibility index (Phi) is 4.96. The van der Waals surface area contributed by atoms with Crippen molar-refractivity contribution in [3.05, 3.63) is 58.4 Å². The molecule has 0 atom stereocenters. The van der Waals surface area contributed by atoms with E-state index >= 15 is 0 Å². The molecule has 0 bridgehead atoms. The normalized spacial score (nSPS) is 16.1. The van der Waals surface area contributed by atoms with E-state index in [0.717, 1.165) is 60.8 Å². The first-order chi connectivity index (χ1) is 13.1. The molecule has 0 radical (unpaired) electrons. The van der Waals surface area contributed by atoms with Crippen molar-refractivity contribution in [1.29, 1.82) is 0 Å². The van der Waals surface area contributed by atoms with Crippen LogP contribution in [-0.4, -0.2) is 57.6 Å². The van der Waals surface area contributed by atoms with Gasteiger partial charge in [-0.15, -0.1) is 0 Å². The van der Waals surface area contributed by atoms with Gasteiger partial charge in [0.25, 0.3) is 5.56 Å². The van der Waals surface area contributed by atoms with Crippen molar-refractivity contribution < 1.29 is 4.74 Å². The first-order valence-corrected chi connectivity index (χ1v) is 9.23. The largest absolute Gasteiger partial charge is 0.497 e. The molecule has 0 unspecified atom stereocenters. The Hall–Kier alpha value is -2.64. The smallest absolute Gasteiger partial charge is 0.252 e. The molecule has 1 N–H and O–H groups in total. The van der Waals surface area contributed by atoms with Crippen LogP contribution in [0, 0.1) is 0 Å². The zero-order valence-corrected chi connectivity index (χ0v) is 15.8. The van der Waals surface area contributed by atoms with Crippen LogP contribution in [0.5, 0.6) is 5.75 Å². The van der Waals surface area contributed by atoms with Crippen LogP contribution in [-0.2, 0) is 20.1 Å². The lowest BCUT2D eigenvalue weighted by Gasteiger charge is -2.34. The maximum Gasteiger partial charge on any atom is 0.252 e. The van der Waals surface area contributed by atoms with E-state index < -0.39 is 0 Å². The van der Waals surface area contributed by atoms with Gasteiger partial charge in [-0.05, 0) is 24.3 Å². The topological polar surface area (TPSA) is 66.4 Å². The Morgan fingerprint density at radius 1 is 1.11 bits per heavy atom. The Labute approximate surface area is 158 Å². The van der Waals surface area contributed by atoms with Crippen molar-refractivity contribution >= 4 is 10.9 Å². The van der Waals surface area contributed by atoms with Gasteiger partial charge in [-0.25, -0.2) is 4.98 Å². The van der Waals surface area contributed by atoms with Gasteiger partial charge >= 0.3 is 0 Å². The lowest BCUT2D eigenvalue weighted by Crippen LogP contribution is -2.46. The summed E-state index contributed by atoms with van der Waals surface area (Å²) >= 11 is 0. The number of aromatic amines is 1. The lowest BCUT2D eigenvalue weighted by atomic mass is 10.1. The molecule has 1 saturated heterocycles. The molecule has 4 rings (SSSR count). The number of rotatable bonds is 5. The summed E-state index contributed by atoms with van der Waals surface area (Å²) in [5.41, 5.74) is 1.63. The molecule has 1 aliphatic rings. The number of aromatic nitrogens is 3. The molecule has 1 fully saturated rings. The SMILES string of the molecule is COc1ccc2[nH]c(=O)c(CN3CCN(Cc4nccn4C)CC3)cc2c1. The summed E-state index contributed by atoms with van der Waals surface area (Å²) in [6, 6.07) is 7.69. The summed E-state index contributed by atoms with van der Waals surface area (Å²) in [5, 5.41) is 0.998. The number of pyridine rings is 1. The van der Waals surface area contributed by atoms with Gasteiger partial charge in [0, 0.05) is 68.6 Å². The van der Waals surface area contributed by atoms with Crippen LogP contribution >= 0.6 is 0 Å². The number of aryl methyl sites for hydroxylation is 1. The molecule has 27 heavy (non-hydrogen) atoms. The number of hydrogen-bond donors (Lipinski definition) is 1. The minimum Gasteiger partial charge on any atom is -0.497 e. The quantitative estimate of drug-likeness (QED) is 0.742. The van der Waals surface area contributed by atoms with Gasteiger partial charge in [-0.3, -0.25) is 14.6 Å². The van der Waals surface area contributed by atoms with Crippen LogP contribution < -0.4 is 10.3 Å². The highest BCUT2D eigenvalue weighted by Gasteiger charge is 2.19. The number of fused-ring (bicyclic) bond motifs is 1. The molecule has 3 heterocycles. The van der Waals surface area contributed by atoms with Gasteiger partial charge in [0.2, 0.25) is 0 Å². The van der Waals surface area contributed by atoms with Gasteiger partial charge in [-0.1, -0.05) is 0 Å². The average Bonchev–Trinajstić information content (AvgIpc) is 3.08. The summed E-state index contributed by atoms with van der Waals surface area (Å²) in [6.07, 6.45) is 3.82. The van der Waals surface area contributed by atoms with Crippen molar-refractivity contribution in [1.82, 2.24) is 24.3 Å². The summed E-state index contributed by atoms with van der Waals surface area (Å²) in [6.45, 7) is 5.38. The molecule has 0 aliphatic carbocycles. The molecule has 0 saturated carbocycles. The molecule has 7 nitrogen and oxygen atoms in total. The molecule has 2 aromatic heterocycles. The van der Waals surface area contributed by atoms with Crippen molar-refractivity contribution in [2.75, 3.05) is 33.3 Å². The monoisotopic (exact) mass is 367 g/mol. The second-order valence-electron chi connectivity index (χ2n) is 7.08. The molecular formula is C20H25N5O2. The number of nitrogens with one attached hydrogen (secondary N) is 1. The zero-order valence-electron chi connectivity index (χ0n) is 15.8. The highest BCUT2D eigenvalue weighted by molar-refractivity contribution is 5.80. The highest BCUT2D eigenvalue weighted by Crippen LogP contribution is 2.19. The molecule has 142 valence electrons. The summed E-state index contributed by atoms with van der Waals surface area (Å²) < 4.78 is 7.36. The number of imidazole rings is 1. The standard InChI is InChI=1S/C20H25N5O2/c1-23-6-5-21-19(23)14-25-9-7-24(8-10-25)13-16-11-15-12-17(27-2)3-4-18(15)22-20(16)26/h3-6,11-12H,7-10,13-14H2,1-2H3,(H,22,26). The fourth-order valence-corrected chi connectivity index (χ4v) is 3.57. The Morgan fingerprint density at radius 2 is 1.85 bits per heavy atom. The number of piperazine rings is 1. The second kappa shape index (κ2) is 7.54. The molecule has 3 aromatic rings. The van der Waals surface area contributed by atoms with Crippen LogP contribution in [0.4, 0.5) is 0 Å². The Balaban J connectivity index is 1.42. The molecule has 0 spiro atoms. The summed E-state index contributed by atoms with van der Waals surface area (Å²) in [7, 11) is 3.68. The summed E-state index contributed by atoms with van der Waals surface area (Å²) in [4.78, 5) is 24.6.